The predicted octanol–water partition coefficient (Wildman–Crippen LogP) is 3.93. The molecule has 0 bridgehead atoms. The molecule has 5 heteroatoms. The Morgan fingerprint density at radius 3 is 2.09 bits per heavy atom. The first-order valence-corrected chi connectivity index (χ1v) is 8.09. The molecule has 0 spiro atoms. The molecule has 0 saturated carbocycles. The van der Waals surface area contributed by atoms with Gasteiger partial charge < -0.3 is 5.73 Å². The number of thiazole rings is 1. The molecule has 1 unspecified atom stereocenters. The van der Waals surface area contributed by atoms with Crippen LogP contribution >= 0.6 is 24.0 Å². The minimum absolute atomic E-state index is 0.490. The third-order valence-corrected chi connectivity index (χ3v) is 5.07. The number of nitrogens with two attached hydrogens (primary N) is 1. The third-order valence-electron chi connectivity index (χ3n) is 3.23. The van der Waals surface area contributed by atoms with E-state index in [-0.39, 0.29) is 0 Å². The van der Waals surface area contributed by atoms with Crippen LogP contribution in [-0.2, 0) is 4.79 Å². The minimum Gasteiger partial charge on any atom is -0.368 e. The highest BCUT2D eigenvalue weighted by molar-refractivity contribution is 7.81. The zero-order valence-electron chi connectivity index (χ0n) is 11.6. The lowest BCUT2D eigenvalue weighted by Crippen LogP contribution is -2.16. The van der Waals surface area contributed by atoms with Crippen LogP contribution < -0.4 is 5.73 Å². The van der Waals surface area contributed by atoms with Gasteiger partial charge in [0.15, 0.2) is 0 Å². The first-order chi connectivity index (χ1) is 10.7. The molecular formula is C17H14N2OS2. The van der Waals surface area contributed by atoms with Crippen LogP contribution in [0, 0.1) is 0 Å². The number of aromatic nitrogens is 1. The lowest BCUT2D eigenvalue weighted by molar-refractivity contribution is -0.117. The molecule has 110 valence electrons. The van der Waals surface area contributed by atoms with E-state index in [9.17, 15) is 4.79 Å². The van der Waals surface area contributed by atoms with Gasteiger partial charge in [0.05, 0.1) is 10.6 Å². The summed E-state index contributed by atoms with van der Waals surface area (Å²) in [7, 11) is 0. The van der Waals surface area contributed by atoms with E-state index in [1.807, 2.05) is 60.7 Å². The Balaban J connectivity index is 2.17. The second-order valence-electron chi connectivity index (χ2n) is 4.77. The Morgan fingerprint density at radius 2 is 1.55 bits per heavy atom. The molecule has 0 aliphatic rings. The zero-order valence-corrected chi connectivity index (χ0v) is 13.4. The maximum atomic E-state index is 11.4. The van der Waals surface area contributed by atoms with Crippen LogP contribution in [0.4, 0.5) is 0 Å². The number of rotatable bonds is 4. The molecule has 1 heterocycles. The molecule has 2 aromatic carbocycles. The summed E-state index contributed by atoms with van der Waals surface area (Å²) in [6.07, 6.45) is 0. The molecule has 1 atom stereocenters. The number of thiol groups is 1. The topological polar surface area (TPSA) is 56.0 Å². The molecule has 0 aliphatic carbocycles. The standard InChI is InChI=1S/C17H14N2OS2/c18-16(20)14(21)17-19-13(11-7-3-1-4-8-11)15(22-17)12-9-5-2-6-10-12/h1-10,14,21H,(H2,18,20). The van der Waals surface area contributed by atoms with Crippen molar-refractivity contribution in [3.63, 3.8) is 0 Å². The van der Waals surface area contributed by atoms with Gasteiger partial charge in [-0.3, -0.25) is 4.79 Å². The zero-order chi connectivity index (χ0) is 15.5. The number of primary amides is 1. The molecule has 0 saturated heterocycles. The highest BCUT2D eigenvalue weighted by Gasteiger charge is 2.21. The van der Waals surface area contributed by atoms with Crippen molar-refractivity contribution in [3.8, 4) is 21.7 Å². The van der Waals surface area contributed by atoms with E-state index in [0.29, 0.717) is 5.01 Å². The van der Waals surface area contributed by atoms with Crippen molar-refractivity contribution < 1.29 is 4.79 Å². The summed E-state index contributed by atoms with van der Waals surface area (Å²) < 4.78 is 0. The number of benzene rings is 2. The summed E-state index contributed by atoms with van der Waals surface area (Å²) in [5.74, 6) is -0.490. The predicted molar refractivity (Wildman–Crippen MR) is 93.9 cm³/mol. The molecule has 3 rings (SSSR count). The Bertz CT molecular complexity index is 728. The molecule has 0 radical (unpaired) electrons. The van der Waals surface area contributed by atoms with Crippen LogP contribution in [0.2, 0.25) is 0 Å². The van der Waals surface area contributed by atoms with Gasteiger partial charge >= 0.3 is 0 Å². The van der Waals surface area contributed by atoms with E-state index in [0.717, 1.165) is 21.7 Å². The monoisotopic (exact) mass is 326 g/mol. The maximum Gasteiger partial charge on any atom is 0.237 e. The summed E-state index contributed by atoms with van der Waals surface area (Å²) in [5.41, 5.74) is 8.28. The van der Waals surface area contributed by atoms with Gasteiger partial charge in [0, 0.05) is 5.56 Å². The second-order valence-corrected chi connectivity index (χ2v) is 6.31. The number of hydrogen-bond donors (Lipinski definition) is 2. The van der Waals surface area contributed by atoms with Crippen LogP contribution in [0.15, 0.2) is 60.7 Å². The Morgan fingerprint density at radius 1 is 1.00 bits per heavy atom. The van der Waals surface area contributed by atoms with Crippen molar-refractivity contribution >= 4 is 29.9 Å². The molecule has 1 amide bonds. The highest BCUT2D eigenvalue weighted by Crippen LogP contribution is 2.39. The number of nitrogens with zero attached hydrogens (tertiary/aromatic N) is 1. The molecule has 3 nitrogen and oxygen atoms in total. The van der Waals surface area contributed by atoms with Crippen LogP contribution in [0.1, 0.15) is 10.3 Å². The van der Waals surface area contributed by atoms with Crippen molar-refractivity contribution in [1.29, 1.82) is 0 Å². The summed E-state index contributed by atoms with van der Waals surface area (Å²) in [4.78, 5) is 17.0. The molecular weight excluding hydrogens is 312 g/mol. The van der Waals surface area contributed by atoms with Crippen LogP contribution in [0.3, 0.4) is 0 Å². The largest absolute Gasteiger partial charge is 0.368 e. The van der Waals surface area contributed by atoms with E-state index in [4.69, 9.17) is 5.73 Å². The first kappa shape index (κ1) is 14.8. The fourth-order valence-corrected chi connectivity index (χ4v) is 3.46. The van der Waals surface area contributed by atoms with Crippen molar-refractivity contribution in [3.05, 3.63) is 65.7 Å². The van der Waals surface area contributed by atoms with Crippen molar-refractivity contribution in [2.24, 2.45) is 5.73 Å². The van der Waals surface area contributed by atoms with Crippen molar-refractivity contribution in [2.45, 2.75) is 5.25 Å². The van der Waals surface area contributed by atoms with Gasteiger partial charge in [-0.25, -0.2) is 4.98 Å². The summed E-state index contributed by atoms with van der Waals surface area (Å²) >= 11 is 5.73. The van der Waals surface area contributed by atoms with Gasteiger partial charge in [0.1, 0.15) is 10.3 Å². The van der Waals surface area contributed by atoms with E-state index in [1.54, 1.807) is 0 Å². The molecule has 0 fully saturated rings. The Kier molecular flexibility index (Phi) is 4.27. The quantitative estimate of drug-likeness (QED) is 0.714. The third kappa shape index (κ3) is 2.91. The van der Waals surface area contributed by atoms with Gasteiger partial charge in [-0.1, -0.05) is 60.7 Å². The SMILES string of the molecule is NC(=O)C(S)c1nc(-c2ccccc2)c(-c2ccccc2)s1. The lowest BCUT2D eigenvalue weighted by Gasteiger charge is -2.02. The average molecular weight is 326 g/mol. The molecule has 3 aromatic rings. The summed E-state index contributed by atoms with van der Waals surface area (Å²) in [6, 6.07) is 19.9. The van der Waals surface area contributed by atoms with Crippen molar-refractivity contribution in [1.82, 2.24) is 4.98 Å². The van der Waals surface area contributed by atoms with Crippen LogP contribution in [-0.4, -0.2) is 10.9 Å². The average Bonchev–Trinajstić information content (AvgIpc) is 3.01. The summed E-state index contributed by atoms with van der Waals surface area (Å²) in [5, 5.41) is -0.0709. The van der Waals surface area contributed by atoms with Gasteiger partial charge in [-0.15, -0.1) is 11.3 Å². The molecule has 22 heavy (non-hydrogen) atoms. The molecule has 2 N–H and O–H groups in total. The van der Waals surface area contributed by atoms with Gasteiger partial charge in [0.2, 0.25) is 5.91 Å². The van der Waals surface area contributed by atoms with Gasteiger partial charge in [-0.2, -0.15) is 12.6 Å². The number of carbonyl (C=O) groups is 1. The second kappa shape index (κ2) is 6.34. The lowest BCUT2D eigenvalue weighted by atomic mass is 10.1. The highest BCUT2D eigenvalue weighted by atomic mass is 32.1. The normalized spacial score (nSPS) is 12.0. The summed E-state index contributed by atoms with van der Waals surface area (Å²) in [6.45, 7) is 0. The van der Waals surface area contributed by atoms with E-state index in [2.05, 4.69) is 17.6 Å². The Labute approximate surface area is 138 Å². The van der Waals surface area contributed by atoms with Gasteiger partial charge in [-0.05, 0) is 5.56 Å². The van der Waals surface area contributed by atoms with Crippen LogP contribution in [0.5, 0.6) is 0 Å². The van der Waals surface area contributed by atoms with Crippen molar-refractivity contribution in [2.75, 3.05) is 0 Å². The first-order valence-electron chi connectivity index (χ1n) is 6.76. The van der Waals surface area contributed by atoms with E-state index >= 15 is 0 Å². The number of carbonyl (C=O) groups excluding carboxylic acids is 1. The fraction of sp³-hybridized carbons (Fsp3) is 0.0588. The number of amides is 1. The minimum atomic E-state index is -0.690. The Hall–Kier alpha value is -2.11. The number of hydrogen-bond acceptors (Lipinski definition) is 4. The molecule has 0 aliphatic heterocycles. The van der Waals surface area contributed by atoms with Gasteiger partial charge in [0.25, 0.3) is 0 Å². The molecule has 1 aromatic heterocycles. The fourth-order valence-electron chi connectivity index (χ4n) is 2.15. The maximum absolute atomic E-state index is 11.4. The van der Waals surface area contributed by atoms with E-state index < -0.39 is 11.2 Å². The smallest absolute Gasteiger partial charge is 0.237 e. The van der Waals surface area contributed by atoms with Crippen LogP contribution in [0.25, 0.3) is 21.7 Å². The van der Waals surface area contributed by atoms with E-state index in [1.165, 1.54) is 11.3 Å².